The summed E-state index contributed by atoms with van der Waals surface area (Å²) in [6, 6.07) is 14.0. The summed E-state index contributed by atoms with van der Waals surface area (Å²) in [5.41, 5.74) is 1.07. The molecule has 0 radical (unpaired) electrons. The number of benzene rings is 2. The third-order valence-electron chi connectivity index (χ3n) is 3.71. The highest BCUT2D eigenvalue weighted by atomic mass is 19.1. The molecular formula is C19H15FN2O4. The summed E-state index contributed by atoms with van der Waals surface area (Å²) in [6.07, 6.45) is 0. The normalized spacial score (nSPS) is 10.4. The van der Waals surface area contributed by atoms with Gasteiger partial charge in [0.15, 0.2) is 5.76 Å². The third-order valence-corrected chi connectivity index (χ3v) is 3.71. The molecule has 1 amide bonds. The number of amides is 1. The minimum Gasteiger partial charge on any atom is -0.465 e. The average Bonchev–Trinajstić information content (AvgIpc) is 3.14. The lowest BCUT2D eigenvalue weighted by Crippen LogP contribution is -2.25. The Bertz CT molecular complexity index is 952. The number of carbonyl (C=O) groups excluding carboxylic acids is 2. The second-order valence-electron chi connectivity index (χ2n) is 5.38. The highest BCUT2D eigenvalue weighted by molar-refractivity contribution is 6.05. The van der Waals surface area contributed by atoms with Gasteiger partial charge in [0.25, 0.3) is 5.91 Å². The van der Waals surface area contributed by atoms with Crippen LogP contribution in [0.4, 0.5) is 4.39 Å². The van der Waals surface area contributed by atoms with E-state index in [2.05, 4.69) is 15.2 Å². The predicted octanol–water partition coefficient (Wildman–Crippen LogP) is 3.20. The highest BCUT2D eigenvalue weighted by Crippen LogP contribution is 2.23. The maximum Gasteiger partial charge on any atom is 0.338 e. The van der Waals surface area contributed by atoms with E-state index in [0.29, 0.717) is 5.69 Å². The minimum absolute atomic E-state index is 0.0618. The van der Waals surface area contributed by atoms with Crippen molar-refractivity contribution in [2.24, 2.45) is 0 Å². The van der Waals surface area contributed by atoms with Crippen LogP contribution in [-0.2, 0) is 11.3 Å². The van der Waals surface area contributed by atoms with Crippen LogP contribution in [0.25, 0.3) is 11.3 Å². The molecule has 0 aliphatic carbocycles. The molecule has 132 valence electrons. The first-order valence-corrected chi connectivity index (χ1v) is 7.76. The zero-order valence-corrected chi connectivity index (χ0v) is 13.9. The summed E-state index contributed by atoms with van der Waals surface area (Å²) < 4.78 is 23.6. The SMILES string of the molecule is COC(=O)c1ccccc1C(=O)NCc1cc(-c2ccccc2F)on1. The summed E-state index contributed by atoms with van der Waals surface area (Å²) in [4.78, 5) is 24.1. The topological polar surface area (TPSA) is 81.4 Å². The molecule has 0 bridgehead atoms. The largest absolute Gasteiger partial charge is 0.465 e. The van der Waals surface area contributed by atoms with Gasteiger partial charge in [-0.2, -0.15) is 0 Å². The Hall–Kier alpha value is -3.48. The average molecular weight is 354 g/mol. The molecule has 7 heteroatoms. The van der Waals surface area contributed by atoms with Crippen LogP contribution in [0.1, 0.15) is 26.4 Å². The van der Waals surface area contributed by atoms with Crippen molar-refractivity contribution >= 4 is 11.9 Å². The van der Waals surface area contributed by atoms with Crippen LogP contribution in [0.2, 0.25) is 0 Å². The molecule has 0 aliphatic heterocycles. The first kappa shape index (κ1) is 17.3. The van der Waals surface area contributed by atoms with E-state index >= 15 is 0 Å². The number of esters is 1. The highest BCUT2D eigenvalue weighted by Gasteiger charge is 2.17. The van der Waals surface area contributed by atoms with Gasteiger partial charge in [0.2, 0.25) is 0 Å². The van der Waals surface area contributed by atoms with Crippen LogP contribution in [0, 0.1) is 5.82 Å². The molecular weight excluding hydrogens is 339 g/mol. The van der Waals surface area contributed by atoms with Crippen molar-refractivity contribution in [2.75, 3.05) is 7.11 Å². The molecule has 0 atom stereocenters. The van der Waals surface area contributed by atoms with Gasteiger partial charge >= 0.3 is 5.97 Å². The van der Waals surface area contributed by atoms with E-state index in [4.69, 9.17) is 4.52 Å². The molecule has 2 aromatic carbocycles. The molecule has 0 saturated carbocycles. The van der Waals surface area contributed by atoms with E-state index in [0.717, 1.165) is 0 Å². The zero-order chi connectivity index (χ0) is 18.5. The van der Waals surface area contributed by atoms with Crippen molar-refractivity contribution in [2.45, 2.75) is 6.54 Å². The van der Waals surface area contributed by atoms with E-state index in [9.17, 15) is 14.0 Å². The Balaban J connectivity index is 1.72. The fourth-order valence-corrected chi connectivity index (χ4v) is 2.42. The number of carbonyl (C=O) groups is 2. The van der Waals surface area contributed by atoms with Crippen LogP contribution in [0.15, 0.2) is 59.1 Å². The van der Waals surface area contributed by atoms with Gasteiger partial charge in [0.05, 0.1) is 30.3 Å². The second kappa shape index (κ2) is 7.60. The van der Waals surface area contributed by atoms with Crippen molar-refractivity contribution in [3.8, 4) is 11.3 Å². The van der Waals surface area contributed by atoms with Crippen molar-refractivity contribution in [3.63, 3.8) is 0 Å². The number of rotatable bonds is 5. The number of hydrogen-bond donors (Lipinski definition) is 1. The number of nitrogens with zero attached hydrogens (tertiary/aromatic N) is 1. The van der Waals surface area contributed by atoms with Gasteiger partial charge in [-0.15, -0.1) is 0 Å². The van der Waals surface area contributed by atoms with E-state index in [-0.39, 0.29) is 29.0 Å². The predicted molar refractivity (Wildman–Crippen MR) is 90.8 cm³/mol. The lowest BCUT2D eigenvalue weighted by Gasteiger charge is -2.07. The Kier molecular flexibility index (Phi) is 5.07. The lowest BCUT2D eigenvalue weighted by molar-refractivity contribution is 0.0596. The molecule has 1 aromatic heterocycles. The summed E-state index contributed by atoms with van der Waals surface area (Å²) in [6.45, 7) is 0.0618. The van der Waals surface area contributed by atoms with E-state index in [1.54, 1.807) is 36.4 Å². The molecule has 0 saturated heterocycles. The standard InChI is InChI=1S/C19H15FN2O4/c1-25-19(24)14-7-3-2-6-13(14)18(23)21-11-12-10-17(26-22-12)15-8-4-5-9-16(15)20/h2-10H,11H2,1H3,(H,21,23). The van der Waals surface area contributed by atoms with Crippen molar-refractivity contribution < 1.29 is 23.2 Å². The van der Waals surface area contributed by atoms with E-state index in [1.165, 1.54) is 25.3 Å². The number of nitrogens with one attached hydrogen (secondary N) is 1. The summed E-state index contributed by atoms with van der Waals surface area (Å²) in [5.74, 6) is -1.21. The van der Waals surface area contributed by atoms with Crippen LogP contribution < -0.4 is 5.32 Å². The maximum atomic E-state index is 13.8. The van der Waals surface area contributed by atoms with Gasteiger partial charge in [0.1, 0.15) is 11.5 Å². The maximum absolute atomic E-state index is 13.8. The van der Waals surface area contributed by atoms with Crippen molar-refractivity contribution in [3.05, 3.63) is 77.2 Å². The van der Waals surface area contributed by atoms with Crippen molar-refractivity contribution in [1.82, 2.24) is 10.5 Å². The number of halogens is 1. The van der Waals surface area contributed by atoms with Gasteiger partial charge in [-0.1, -0.05) is 29.4 Å². The Morgan fingerprint density at radius 3 is 2.54 bits per heavy atom. The molecule has 0 spiro atoms. The first-order valence-electron chi connectivity index (χ1n) is 7.76. The summed E-state index contributed by atoms with van der Waals surface area (Å²) in [5, 5.41) is 6.48. The van der Waals surface area contributed by atoms with Crippen LogP contribution >= 0.6 is 0 Å². The fraction of sp³-hybridized carbons (Fsp3) is 0.105. The monoisotopic (exact) mass is 354 g/mol. The van der Waals surface area contributed by atoms with E-state index < -0.39 is 17.7 Å². The van der Waals surface area contributed by atoms with Crippen LogP contribution in [0.5, 0.6) is 0 Å². The second-order valence-corrected chi connectivity index (χ2v) is 5.38. The lowest BCUT2D eigenvalue weighted by atomic mass is 10.1. The fourth-order valence-electron chi connectivity index (χ4n) is 2.42. The number of hydrogen-bond acceptors (Lipinski definition) is 5. The van der Waals surface area contributed by atoms with Crippen molar-refractivity contribution in [1.29, 1.82) is 0 Å². The number of aromatic nitrogens is 1. The molecule has 0 unspecified atom stereocenters. The number of methoxy groups -OCH3 is 1. The van der Waals surface area contributed by atoms with Gasteiger partial charge < -0.3 is 14.6 Å². The Morgan fingerprint density at radius 1 is 1.12 bits per heavy atom. The van der Waals surface area contributed by atoms with Crippen LogP contribution in [0.3, 0.4) is 0 Å². The molecule has 1 N–H and O–H groups in total. The zero-order valence-electron chi connectivity index (χ0n) is 13.9. The minimum atomic E-state index is -0.598. The number of ether oxygens (including phenoxy) is 1. The molecule has 1 heterocycles. The van der Waals surface area contributed by atoms with Gasteiger partial charge in [0, 0.05) is 6.07 Å². The quantitative estimate of drug-likeness (QED) is 0.712. The third kappa shape index (κ3) is 3.61. The van der Waals surface area contributed by atoms with Gasteiger partial charge in [-0.25, -0.2) is 9.18 Å². The molecule has 26 heavy (non-hydrogen) atoms. The summed E-state index contributed by atoms with van der Waals surface area (Å²) >= 11 is 0. The Labute approximate surface area is 148 Å². The molecule has 0 aliphatic rings. The van der Waals surface area contributed by atoms with Gasteiger partial charge in [-0.05, 0) is 24.3 Å². The molecule has 0 fully saturated rings. The molecule has 6 nitrogen and oxygen atoms in total. The molecule has 3 rings (SSSR count). The van der Waals surface area contributed by atoms with Crippen LogP contribution in [-0.4, -0.2) is 24.1 Å². The van der Waals surface area contributed by atoms with Gasteiger partial charge in [-0.3, -0.25) is 4.79 Å². The smallest absolute Gasteiger partial charge is 0.338 e. The Morgan fingerprint density at radius 2 is 1.81 bits per heavy atom. The molecule has 3 aromatic rings. The van der Waals surface area contributed by atoms with E-state index in [1.807, 2.05) is 0 Å². The summed E-state index contributed by atoms with van der Waals surface area (Å²) in [7, 11) is 1.25. The first-order chi connectivity index (χ1) is 12.6.